The molecular formula is C15H20N2O. The fourth-order valence-electron chi connectivity index (χ4n) is 3.06. The highest BCUT2D eigenvalue weighted by Gasteiger charge is 2.53. The van der Waals surface area contributed by atoms with Crippen LogP contribution in [-0.2, 0) is 10.2 Å². The Hall–Kier alpha value is -1.51. The van der Waals surface area contributed by atoms with E-state index in [4.69, 9.17) is 5.73 Å². The number of carbonyl (C=O) groups is 1. The molecule has 3 heteroatoms. The number of nitrogens with zero attached hydrogens (tertiary/aromatic N) is 1. The molecule has 3 nitrogen and oxygen atoms in total. The smallest absolute Gasteiger partial charge is 0.233 e. The highest BCUT2D eigenvalue weighted by atomic mass is 16.2. The van der Waals surface area contributed by atoms with Crippen LogP contribution in [0, 0.1) is 0 Å². The third-order valence-electron chi connectivity index (χ3n) is 4.44. The van der Waals surface area contributed by atoms with Gasteiger partial charge in [0.15, 0.2) is 0 Å². The number of hydrogen-bond donors (Lipinski definition) is 1. The number of likely N-dealkylation sites (tertiary alicyclic amines) is 1. The molecule has 0 spiro atoms. The second kappa shape index (κ2) is 4.01. The van der Waals surface area contributed by atoms with Gasteiger partial charge in [-0.1, -0.05) is 12.1 Å². The summed E-state index contributed by atoms with van der Waals surface area (Å²) in [6.45, 7) is 3.08. The van der Waals surface area contributed by atoms with Gasteiger partial charge < -0.3 is 10.6 Å². The Balaban J connectivity index is 1.86. The van der Waals surface area contributed by atoms with Crippen LogP contribution >= 0.6 is 0 Å². The average Bonchev–Trinajstić information content (AvgIpc) is 3.07. The predicted molar refractivity (Wildman–Crippen MR) is 72.2 cm³/mol. The van der Waals surface area contributed by atoms with Crippen molar-refractivity contribution in [3.63, 3.8) is 0 Å². The zero-order chi connectivity index (χ0) is 12.8. The van der Waals surface area contributed by atoms with E-state index in [2.05, 4.69) is 11.8 Å². The number of rotatable bonds is 2. The lowest BCUT2D eigenvalue weighted by molar-refractivity contribution is -0.134. The van der Waals surface area contributed by atoms with Crippen LogP contribution in [0.15, 0.2) is 24.3 Å². The molecule has 1 aliphatic heterocycles. The second-order valence-electron chi connectivity index (χ2n) is 5.69. The zero-order valence-corrected chi connectivity index (χ0v) is 10.9. The first kappa shape index (κ1) is 11.6. The summed E-state index contributed by atoms with van der Waals surface area (Å²) in [5.74, 6) is 0.331. The molecular weight excluding hydrogens is 224 g/mol. The largest absolute Gasteiger partial charge is 0.399 e. The predicted octanol–water partition coefficient (Wildman–Crippen LogP) is 2.31. The lowest BCUT2D eigenvalue weighted by atomic mass is 9.94. The van der Waals surface area contributed by atoms with Crippen molar-refractivity contribution < 1.29 is 4.79 Å². The summed E-state index contributed by atoms with van der Waals surface area (Å²) in [5, 5.41) is 0. The zero-order valence-electron chi connectivity index (χ0n) is 10.9. The minimum atomic E-state index is -0.230. The monoisotopic (exact) mass is 244 g/mol. The first-order valence-corrected chi connectivity index (χ1v) is 6.80. The average molecular weight is 244 g/mol. The molecule has 2 N–H and O–H groups in total. The number of nitrogen functional groups attached to an aromatic ring is 1. The fraction of sp³-hybridized carbons (Fsp3) is 0.533. The van der Waals surface area contributed by atoms with Gasteiger partial charge in [-0.05, 0) is 50.3 Å². The molecule has 1 saturated heterocycles. The van der Waals surface area contributed by atoms with Gasteiger partial charge in [-0.2, -0.15) is 0 Å². The van der Waals surface area contributed by atoms with Gasteiger partial charge in [-0.15, -0.1) is 0 Å². The molecule has 1 aromatic carbocycles. The molecule has 1 heterocycles. The van der Waals surface area contributed by atoms with E-state index in [1.807, 2.05) is 24.3 Å². The summed E-state index contributed by atoms with van der Waals surface area (Å²) < 4.78 is 0. The van der Waals surface area contributed by atoms with Crippen molar-refractivity contribution in [1.82, 2.24) is 4.90 Å². The molecule has 2 aliphatic rings. The minimum absolute atomic E-state index is 0.230. The van der Waals surface area contributed by atoms with Crippen LogP contribution in [0.5, 0.6) is 0 Å². The Morgan fingerprint density at radius 3 is 2.50 bits per heavy atom. The number of carbonyl (C=O) groups excluding carboxylic acids is 1. The normalized spacial score (nSPS) is 25.2. The van der Waals surface area contributed by atoms with Crippen molar-refractivity contribution in [2.45, 2.75) is 44.1 Å². The highest BCUT2D eigenvalue weighted by molar-refractivity contribution is 5.91. The highest BCUT2D eigenvalue weighted by Crippen LogP contribution is 2.50. The Morgan fingerprint density at radius 1 is 1.33 bits per heavy atom. The number of anilines is 1. The summed E-state index contributed by atoms with van der Waals surface area (Å²) in [6, 6.07) is 8.23. The molecule has 2 fully saturated rings. The molecule has 96 valence electrons. The molecule has 1 aromatic rings. The molecule has 1 amide bonds. The van der Waals surface area contributed by atoms with E-state index in [-0.39, 0.29) is 5.41 Å². The molecule has 1 aliphatic carbocycles. The van der Waals surface area contributed by atoms with Crippen LogP contribution < -0.4 is 5.73 Å². The number of nitrogens with two attached hydrogens (primary N) is 1. The van der Waals surface area contributed by atoms with E-state index in [0.717, 1.165) is 43.5 Å². The number of benzene rings is 1. The van der Waals surface area contributed by atoms with Gasteiger partial charge in [0.1, 0.15) is 0 Å². The van der Waals surface area contributed by atoms with Crippen molar-refractivity contribution in [3.05, 3.63) is 29.8 Å². The van der Waals surface area contributed by atoms with Gasteiger partial charge in [-0.25, -0.2) is 0 Å². The third-order valence-corrected chi connectivity index (χ3v) is 4.44. The van der Waals surface area contributed by atoms with E-state index in [9.17, 15) is 4.79 Å². The van der Waals surface area contributed by atoms with Gasteiger partial charge >= 0.3 is 0 Å². The van der Waals surface area contributed by atoms with Crippen molar-refractivity contribution in [1.29, 1.82) is 0 Å². The molecule has 1 unspecified atom stereocenters. The first-order chi connectivity index (χ1) is 8.63. The topological polar surface area (TPSA) is 46.3 Å². The standard InChI is InChI=1S/C15H20N2O/c1-11-3-2-10-17(11)14(18)15(8-9-15)12-4-6-13(16)7-5-12/h4-7,11H,2-3,8-10,16H2,1H3. The lowest BCUT2D eigenvalue weighted by Crippen LogP contribution is -2.41. The quantitative estimate of drug-likeness (QED) is 0.811. The maximum absolute atomic E-state index is 12.7. The lowest BCUT2D eigenvalue weighted by Gasteiger charge is -2.27. The second-order valence-corrected chi connectivity index (χ2v) is 5.69. The first-order valence-electron chi connectivity index (χ1n) is 6.80. The number of amides is 1. The number of hydrogen-bond acceptors (Lipinski definition) is 2. The molecule has 0 aromatic heterocycles. The van der Waals surface area contributed by atoms with Gasteiger partial charge in [-0.3, -0.25) is 4.79 Å². The van der Waals surface area contributed by atoms with Crippen LogP contribution in [0.2, 0.25) is 0 Å². The van der Waals surface area contributed by atoms with Gasteiger partial charge in [0, 0.05) is 18.3 Å². The molecule has 18 heavy (non-hydrogen) atoms. The Bertz CT molecular complexity index is 462. The summed E-state index contributed by atoms with van der Waals surface area (Å²) >= 11 is 0. The van der Waals surface area contributed by atoms with Gasteiger partial charge in [0.05, 0.1) is 5.41 Å². The Kier molecular flexibility index (Phi) is 2.58. The van der Waals surface area contributed by atoms with Crippen LogP contribution in [-0.4, -0.2) is 23.4 Å². The van der Waals surface area contributed by atoms with Crippen LogP contribution in [0.25, 0.3) is 0 Å². The van der Waals surface area contributed by atoms with E-state index in [0.29, 0.717) is 11.9 Å². The molecule has 0 radical (unpaired) electrons. The van der Waals surface area contributed by atoms with Crippen molar-refractivity contribution in [2.24, 2.45) is 0 Å². The summed E-state index contributed by atoms with van der Waals surface area (Å²) in [5.41, 5.74) is 7.39. The molecule has 1 saturated carbocycles. The van der Waals surface area contributed by atoms with Crippen LogP contribution in [0.1, 0.15) is 38.2 Å². The molecule has 0 bridgehead atoms. The molecule has 3 rings (SSSR count). The third kappa shape index (κ3) is 1.69. The van der Waals surface area contributed by atoms with Gasteiger partial charge in [0.25, 0.3) is 0 Å². The SMILES string of the molecule is CC1CCCN1C(=O)C1(c2ccc(N)cc2)CC1. The van der Waals surface area contributed by atoms with Crippen molar-refractivity contribution in [3.8, 4) is 0 Å². The Labute approximate surface area is 108 Å². The minimum Gasteiger partial charge on any atom is -0.399 e. The summed E-state index contributed by atoms with van der Waals surface area (Å²) in [6.07, 6.45) is 4.26. The van der Waals surface area contributed by atoms with E-state index in [1.54, 1.807) is 0 Å². The van der Waals surface area contributed by atoms with Crippen LogP contribution in [0.3, 0.4) is 0 Å². The Morgan fingerprint density at radius 2 is 2.00 bits per heavy atom. The van der Waals surface area contributed by atoms with Crippen molar-refractivity contribution >= 4 is 11.6 Å². The summed E-state index contributed by atoms with van der Waals surface area (Å²) in [4.78, 5) is 14.8. The van der Waals surface area contributed by atoms with E-state index >= 15 is 0 Å². The van der Waals surface area contributed by atoms with Crippen LogP contribution in [0.4, 0.5) is 5.69 Å². The van der Waals surface area contributed by atoms with Gasteiger partial charge in [0.2, 0.25) is 5.91 Å². The van der Waals surface area contributed by atoms with Crippen molar-refractivity contribution in [2.75, 3.05) is 12.3 Å². The maximum atomic E-state index is 12.7. The fourth-order valence-corrected chi connectivity index (χ4v) is 3.06. The summed E-state index contributed by atoms with van der Waals surface area (Å²) in [7, 11) is 0. The maximum Gasteiger partial charge on any atom is 0.233 e. The van der Waals surface area contributed by atoms with E-state index in [1.165, 1.54) is 0 Å². The van der Waals surface area contributed by atoms with E-state index < -0.39 is 0 Å². The molecule has 1 atom stereocenters.